The number of anilines is 1. The van der Waals surface area contributed by atoms with E-state index in [-0.39, 0.29) is 6.03 Å². The molecule has 2 aromatic rings. The molecule has 0 radical (unpaired) electrons. The number of hydrogen-bond acceptors (Lipinski definition) is 3. The maximum Gasteiger partial charge on any atom is 0.323 e. The number of amides is 2. The number of urea groups is 1. The molecule has 5 heteroatoms. The highest BCUT2D eigenvalue weighted by Gasteiger charge is 2.16. The van der Waals surface area contributed by atoms with Gasteiger partial charge in [-0.3, -0.25) is 5.32 Å². The van der Waals surface area contributed by atoms with Crippen LogP contribution in [0.4, 0.5) is 9.93 Å². The lowest BCUT2D eigenvalue weighted by Crippen LogP contribution is -2.35. The van der Waals surface area contributed by atoms with E-state index in [4.69, 9.17) is 0 Å². The lowest BCUT2D eigenvalue weighted by Gasteiger charge is -2.19. The van der Waals surface area contributed by atoms with Crippen LogP contribution in [-0.4, -0.2) is 29.0 Å². The lowest BCUT2D eigenvalue weighted by atomic mass is 10.2. The van der Waals surface area contributed by atoms with Crippen LogP contribution in [-0.2, 0) is 0 Å². The van der Waals surface area contributed by atoms with E-state index in [1.165, 1.54) is 24.2 Å². The third-order valence-corrected chi connectivity index (χ3v) is 4.44. The van der Waals surface area contributed by atoms with E-state index in [1.54, 1.807) is 0 Å². The first-order chi connectivity index (χ1) is 10.3. The van der Waals surface area contributed by atoms with E-state index in [0.29, 0.717) is 5.13 Å². The Hall–Kier alpha value is -1.88. The highest BCUT2D eigenvalue weighted by atomic mass is 32.1. The molecular formula is C16H19N3OS. The average molecular weight is 301 g/mol. The Labute approximate surface area is 128 Å². The first-order valence-corrected chi connectivity index (χ1v) is 8.28. The third kappa shape index (κ3) is 3.61. The van der Waals surface area contributed by atoms with Crippen LogP contribution in [0.15, 0.2) is 35.7 Å². The van der Waals surface area contributed by atoms with E-state index in [0.717, 1.165) is 37.2 Å². The molecule has 0 bridgehead atoms. The van der Waals surface area contributed by atoms with Crippen LogP contribution in [0, 0.1) is 0 Å². The second kappa shape index (κ2) is 6.72. The Morgan fingerprint density at radius 2 is 1.81 bits per heavy atom. The highest BCUT2D eigenvalue weighted by Crippen LogP contribution is 2.25. The van der Waals surface area contributed by atoms with Crippen LogP contribution in [0.1, 0.15) is 25.7 Å². The van der Waals surface area contributed by atoms with Crippen molar-refractivity contribution in [3.8, 4) is 11.3 Å². The molecule has 1 aromatic heterocycles. The minimum absolute atomic E-state index is 0.0224. The van der Waals surface area contributed by atoms with Crippen LogP contribution in [0.3, 0.4) is 0 Å². The van der Waals surface area contributed by atoms with Crippen molar-refractivity contribution in [2.24, 2.45) is 0 Å². The molecule has 1 N–H and O–H groups in total. The third-order valence-electron chi connectivity index (χ3n) is 3.68. The van der Waals surface area contributed by atoms with Crippen molar-refractivity contribution in [2.75, 3.05) is 18.4 Å². The summed E-state index contributed by atoms with van der Waals surface area (Å²) in [5, 5.41) is 5.57. The number of likely N-dealkylation sites (tertiary alicyclic amines) is 1. The fourth-order valence-electron chi connectivity index (χ4n) is 2.52. The molecule has 1 aliphatic heterocycles. The fourth-order valence-corrected chi connectivity index (χ4v) is 3.23. The van der Waals surface area contributed by atoms with Crippen molar-refractivity contribution >= 4 is 22.5 Å². The molecule has 0 aliphatic carbocycles. The Balaban J connectivity index is 1.65. The number of nitrogens with zero attached hydrogens (tertiary/aromatic N) is 2. The summed E-state index contributed by atoms with van der Waals surface area (Å²) in [4.78, 5) is 18.6. The standard InChI is InChI=1S/C16H19N3OS/c20-16(19-10-6-1-2-7-11-19)18-15-17-14(12-21-15)13-8-4-3-5-9-13/h3-5,8-9,12H,1-2,6-7,10-11H2,(H,17,18,20). The highest BCUT2D eigenvalue weighted by molar-refractivity contribution is 7.14. The minimum Gasteiger partial charge on any atom is -0.324 e. The monoisotopic (exact) mass is 301 g/mol. The molecule has 0 atom stereocenters. The summed E-state index contributed by atoms with van der Waals surface area (Å²) in [6.07, 6.45) is 4.64. The summed E-state index contributed by atoms with van der Waals surface area (Å²) >= 11 is 1.47. The number of nitrogens with one attached hydrogen (secondary N) is 1. The van der Waals surface area contributed by atoms with E-state index >= 15 is 0 Å². The predicted molar refractivity (Wildman–Crippen MR) is 86.6 cm³/mol. The molecule has 0 saturated carbocycles. The predicted octanol–water partition coefficient (Wildman–Crippen LogP) is 4.22. The zero-order chi connectivity index (χ0) is 14.5. The molecule has 21 heavy (non-hydrogen) atoms. The van der Waals surface area contributed by atoms with Crippen LogP contribution < -0.4 is 5.32 Å². The van der Waals surface area contributed by atoms with Crippen molar-refractivity contribution in [3.63, 3.8) is 0 Å². The van der Waals surface area contributed by atoms with E-state index in [9.17, 15) is 4.79 Å². The topological polar surface area (TPSA) is 45.2 Å². The van der Waals surface area contributed by atoms with Gasteiger partial charge in [-0.25, -0.2) is 9.78 Å². The van der Waals surface area contributed by atoms with Crippen LogP contribution in [0.5, 0.6) is 0 Å². The Morgan fingerprint density at radius 1 is 1.10 bits per heavy atom. The van der Waals surface area contributed by atoms with E-state index in [2.05, 4.69) is 10.3 Å². The number of thiazole rings is 1. The van der Waals surface area contributed by atoms with Gasteiger partial charge in [-0.05, 0) is 12.8 Å². The van der Waals surface area contributed by atoms with Gasteiger partial charge in [-0.15, -0.1) is 11.3 Å². The van der Waals surface area contributed by atoms with Gasteiger partial charge in [-0.2, -0.15) is 0 Å². The molecule has 2 heterocycles. The van der Waals surface area contributed by atoms with Crippen LogP contribution >= 0.6 is 11.3 Å². The number of hydrogen-bond donors (Lipinski definition) is 1. The van der Waals surface area contributed by atoms with Crippen LogP contribution in [0.2, 0.25) is 0 Å². The molecule has 110 valence electrons. The molecule has 2 amide bonds. The Bertz CT molecular complexity index is 589. The summed E-state index contributed by atoms with van der Waals surface area (Å²) in [5.41, 5.74) is 1.98. The lowest BCUT2D eigenvalue weighted by molar-refractivity contribution is 0.214. The summed E-state index contributed by atoms with van der Waals surface area (Å²) in [6.45, 7) is 1.70. The molecule has 1 aliphatic rings. The average Bonchev–Trinajstić information content (AvgIpc) is 2.81. The number of carbonyl (C=O) groups excluding carboxylic acids is 1. The molecule has 0 unspecified atom stereocenters. The van der Waals surface area contributed by atoms with Gasteiger partial charge in [0.15, 0.2) is 5.13 Å². The quantitative estimate of drug-likeness (QED) is 0.902. The Morgan fingerprint density at radius 3 is 2.52 bits per heavy atom. The molecule has 1 saturated heterocycles. The normalized spacial score (nSPS) is 15.5. The van der Waals surface area contributed by atoms with Gasteiger partial charge in [0.2, 0.25) is 0 Å². The number of aromatic nitrogens is 1. The largest absolute Gasteiger partial charge is 0.324 e. The van der Waals surface area contributed by atoms with E-state index < -0.39 is 0 Å². The molecule has 1 aromatic carbocycles. The smallest absolute Gasteiger partial charge is 0.323 e. The van der Waals surface area contributed by atoms with Crippen molar-refractivity contribution in [3.05, 3.63) is 35.7 Å². The van der Waals surface area contributed by atoms with Gasteiger partial charge < -0.3 is 4.90 Å². The van der Waals surface area contributed by atoms with Gasteiger partial charge in [0.25, 0.3) is 0 Å². The van der Waals surface area contributed by atoms with Crippen molar-refractivity contribution in [1.29, 1.82) is 0 Å². The second-order valence-electron chi connectivity index (χ2n) is 5.24. The maximum absolute atomic E-state index is 12.2. The zero-order valence-electron chi connectivity index (χ0n) is 11.9. The van der Waals surface area contributed by atoms with Crippen LogP contribution in [0.25, 0.3) is 11.3 Å². The van der Waals surface area contributed by atoms with Gasteiger partial charge in [0, 0.05) is 24.0 Å². The summed E-state index contributed by atoms with van der Waals surface area (Å²) in [5.74, 6) is 0. The Kier molecular flexibility index (Phi) is 4.50. The summed E-state index contributed by atoms with van der Waals surface area (Å²) in [7, 11) is 0. The van der Waals surface area contributed by atoms with Crippen molar-refractivity contribution in [1.82, 2.24) is 9.88 Å². The first kappa shape index (κ1) is 14.1. The molecule has 0 spiro atoms. The summed E-state index contributed by atoms with van der Waals surface area (Å²) < 4.78 is 0. The summed E-state index contributed by atoms with van der Waals surface area (Å²) in [6, 6.07) is 9.99. The van der Waals surface area contributed by atoms with Gasteiger partial charge in [-0.1, -0.05) is 43.2 Å². The van der Waals surface area contributed by atoms with Gasteiger partial charge in [0.05, 0.1) is 5.69 Å². The second-order valence-corrected chi connectivity index (χ2v) is 6.09. The SMILES string of the molecule is O=C(Nc1nc(-c2ccccc2)cs1)N1CCCCCC1. The van der Waals surface area contributed by atoms with Crippen molar-refractivity contribution < 1.29 is 4.79 Å². The fraction of sp³-hybridized carbons (Fsp3) is 0.375. The number of benzene rings is 1. The maximum atomic E-state index is 12.2. The van der Waals surface area contributed by atoms with Gasteiger partial charge in [0.1, 0.15) is 0 Å². The number of carbonyl (C=O) groups is 1. The van der Waals surface area contributed by atoms with E-state index in [1.807, 2.05) is 40.6 Å². The minimum atomic E-state index is -0.0224. The zero-order valence-corrected chi connectivity index (χ0v) is 12.7. The molecule has 4 nitrogen and oxygen atoms in total. The first-order valence-electron chi connectivity index (χ1n) is 7.40. The van der Waals surface area contributed by atoms with Gasteiger partial charge >= 0.3 is 6.03 Å². The molecule has 3 rings (SSSR count). The molecular weight excluding hydrogens is 282 g/mol. The number of rotatable bonds is 2. The molecule has 1 fully saturated rings. The van der Waals surface area contributed by atoms with Crippen molar-refractivity contribution in [2.45, 2.75) is 25.7 Å².